The van der Waals surface area contributed by atoms with E-state index in [1.165, 1.54) is 11.8 Å². The summed E-state index contributed by atoms with van der Waals surface area (Å²) in [5.41, 5.74) is 4.13. The molecular formula is C24H20Cl2N4O2S. The zero-order chi connectivity index (χ0) is 23.5. The van der Waals surface area contributed by atoms with Crippen LogP contribution in [0.2, 0.25) is 10.0 Å². The van der Waals surface area contributed by atoms with Crippen molar-refractivity contribution in [2.24, 2.45) is 0 Å². The molecule has 0 fully saturated rings. The van der Waals surface area contributed by atoms with Crippen molar-refractivity contribution in [3.8, 4) is 22.8 Å². The number of anilines is 1. The maximum absolute atomic E-state index is 12.6. The van der Waals surface area contributed by atoms with Crippen molar-refractivity contribution in [2.45, 2.75) is 19.0 Å². The van der Waals surface area contributed by atoms with Crippen molar-refractivity contribution in [1.82, 2.24) is 14.8 Å². The highest BCUT2D eigenvalue weighted by molar-refractivity contribution is 7.99. The van der Waals surface area contributed by atoms with Crippen molar-refractivity contribution in [2.75, 3.05) is 11.1 Å². The van der Waals surface area contributed by atoms with E-state index in [4.69, 9.17) is 23.2 Å². The molecule has 0 aliphatic heterocycles. The number of hydrogen-bond acceptors (Lipinski definition) is 5. The molecule has 0 unspecified atom stereocenters. The summed E-state index contributed by atoms with van der Waals surface area (Å²) in [5, 5.41) is 23.2. The van der Waals surface area contributed by atoms with Gasteiger partial charge in [-0.3, -0.25) is 9.36 Å². The predicted octanol–water partition coefficient (Wildman–Crippen LogP) is 6.29. The summed E-state index contributed by atoms with van der Waals surface area (Å²) in [7, 11) is 0. The van der Waals surface area contributed by atoms with Crippen molar-refractivity contribution in [3.05, 3.63) is 81.8 Å². The SMILES string of the molecule is Cc1ccc(-n2c(SCC(=O)Nc3ccc(Cl)c(Cl)c3)nnc2-c2ccccc2O)c(C)c1. The van der Waals surface area contributed by atoms with Crippen LogP contribution >= 0.6 is 35.0 Å². The van der Waals surface area contributed by atoms with Crippen molar-refractivity contribution in [1.29, 1.82) is 0 Å². The van der Waals surface area contributed by atoms with Gasteiger partial charge in [0.15, 0.2) is 11.0 Å². The lowest BCUT2D eigenvalue weighted by atomic mass is 10.1. The Morgan fingerprint density at radius 3 is 2.55 bits per heavy atom. The predicted molar refractivity (Wildman–Crippen MR) is 134 cm³/mol. The van der Waals surface area contributed by atoms with E-state index in [2.05, 4.69) is 21.6 Å². The molecule has 1 aromatic heterocycles. The standard InChI is InChI=1S/C24H20Cl2N4O2S/c1-14-7-10-20(15(2)11-14)30-23(17-5-3-4-6-21(17)31)28-29-24(30)33-13-22(32)27-16-8-9-18(25)19(26)12-16/h3-12,31H,13H2,1-2H3,(H,27,32). The minimum atomic E-state index is -0.224. The number of nitrogens with zero attached hydrogens (tertiary/aromatic N) is 3. The number of hydrogen-bond donors (Lipinski definition) is 2. The van der Waals surface area contributed by atoms with E-state index in [1.807, 2.05) is 36.6 Å². The van der Waals surface area contributed by atoms with E-state index in [0.717, 1.165) is 16.8 Å². The average Bonchev–Trinajstić information content (AvgIpc) is 3.18. The number of phenols is 1. The first kappa shape index (κ1) is 23.2. The largest absolute Gasteiger partial charge is 0.507 e. The molecule has 0 radical (unpaired) electrons. The number of carbonyl (C=O) groups excluding carboxylic acids is 1. The molecule has 9 heteroatoms. The highest BCUT2D eigenvalue weighted by atomic mass is 35.5. The number of aryl methyl sites for hydroxylation is 2. The van der Waals surface area contributed by atoms with Crippen LogP contribution in [-0.4, -0.2) is 31.5 Å². The highest BCUT2D eigenvalue weighted by Gasteiger charge is 2.20. The third-order valence-electron chi connectivity index (χ3n) is 4.91. The van der Waals surface area contributed by atoms with Gasteiger partial charge in [0.1, 0.15) is 5.75 Å². The molecule has 0 spiro atoms. The third-order valence-corrected chi connectivity index (χ3v) is 6.58. The number of rotatable bonds is 6. The number of carbonyl (C=O) groups is 1. The van der Waals surface area contributed by atoms with Crippen LogP contribution in [-0.2, 0) is 4.79 Å². The van der Waals surface area contributed by atoms with Gasteiger partial charge in [-0.2, -0.15) is 0 Å². The second-order valence-electron chi connectivity index (χ2n) is 7.41. The highest BCUT2D eigenvalue weighted by Crippen LogP contribution is 2.34. The Kier molecular flexibility index (Phi) is 6.93. The molecule has 4 aromatic rings. The number of phenolic OH excluding ortho intramolecular Hbond substituents is 1. The van der Waals surface area contributed by atoms with E-state index in [9.17, 15) is 9.90 Å². The average molecular weight is 499 g/mol. The third kappa shape index (κ3) is 5.16. The molecule has 1 amide bonds. The zero-order valence-corrected chi connectivity index (χ0v) is 20.2. The van der Waals surface area contributed by atoms with Crippen LogP contribution in [0.3, 0.4) is 0 Å². The molecule has 6 nitrogen and oxygen atoms in total. The molecule has 2 N–H and O–H groups in total. The van der Waals surface area contributed by atoms with Gasteiger partial charge in [0.05, 0.1) is 27.0 Å². The summed E-state index contributed by atoms with van der Waals surface area (Å²) in [6.45, 7) is 4.03. The van der Waals surface area contributed by atoms with Crippen LogP contribution in [0.4, 0.5) is 5.69 Å². The molecule has 33 heavy (non-hydrogen) atoms. The van der Waals surface area contributed by atoms with Gasteiger partial charge in [0.2, 0.25) is 5.91 Å². The molecule has 4 rings (SSSR count). The van der Waals surface area contributed by atoms with Crippen LogP contribution in [0.15, 0.2) is 65.8 Å². The van der Waals surface area contributed by atoms with Gasteiger partial charge in [-0.15, -0.1) is 10.2 Å². The lowest BCUT2D eigenvalue weighted by Crippen LogP contribution is -2.14. The van der Waals surface area contributed by atoms with Gasteiger partial charge in [-0.05, 0) is 55.8 Å². The maximum Gasteiger partial charge on any atom is 0.234 e. The Bertz CT molecular complexity index is 1340. The molecule has 0 atom stereocenters. The molecule has 168 valence electrons. The van der Waals surface area contributed by atoms with E-state index in [-0.39, 0.29) is 17.4 Å². The van der Waals surface area contributed by atoms with Gasteiger partial charge >= 0.3 is 0 Å². The molecule has 1 heterocycles. The number of halogens is 2. The molecule has 0 aliphatic rings. The quantitative estimate of drug-likeness (QED) is 0.305. The monoisotopic (exact) mass is 498 g/mol. The normalized spacial score (nSPS) is 10.9. The Morgan fingerprint density at radius 2 is 1.82 bits per heavy atom. The summed E-state index contributed by atoms with van der Waals surface area (Å²) < 4.78 is 1.86. The fraction of sp³-hybridized carbons (Fsp3) is 0.125. The number of nitrogens with one attached hydrogen (secondary N) is 1. The second kappa shape index (κ2) is 9.87. The minimum Gasteiger partial charge on any atom is -0.507 e. The fourth-order valence-electron chi connectivity index (χ4n) is 3.38. The Labute approximate surface area is 205 Å². The van der Waals surface area contributed by atoms with Gasteiger partial charge in [0, 0.05) is 5.69 Å². The number of aromatic hydroxyl groups is 1. The molecule has 0 saturated heterocycles. The van der Waals surface area contributed by atoms with Crippen molar-refractivity contribution >= 4 is 46.6 Å². The molecule has 3 aromatic carbocycles. The summed E-state index contributed by atoms with van der Waals surface area (Å²) in [6, 6.07) is 17.9. The topological polar surface area (TPSA) is 80.0 Å². The number of aromatic nitrogens is 3. The summed E-state index contributed by atoms with van der Waals surface area (Å²) in [4.78, 5) is 12.6. The Morgan fingerprint density at radius 1 is 1.03 bits per heavy atom. The van der Waals surface area contributed by atoms with Crippen molar-refractivity contribution in [3.63, 3.8) is 0 Å². The number of benzene rings is 3. The first-order valence-electron chi connectivity index (χ1n) is 10.0. The summed E-state index contributed by atoms with van der Waals surface area (Å²) in [5.74, 6) is 0.472. The number of para-hydroxylation sites is 1. The first-order valence-corrected chi connectivity index (χ1v) is 11.8. The molecule has 0 bridgehead atoms. The maximum atomic E-state index is 12.6. The lowest BCUT2D eigenvalue weighted by Gasteiger charge is -2.14. The van der Waals surface area contributed by atoms with Crippen molar-refractivity contribution < 1.29 is 9.90 Å². The summed E-state index contributed by atoms with van der Waals surface area (Å²) >= 11 is 13.2. The van der Waals surface area contributed by atoms with E-state index in [0.29, 0.717) is 32.3 Å². The fourth-order valence-corrected chi connectivity index (χ4v) is 4.42. The number of amides is 1. The van der Waals surface area contributed by atoms with E-state index < -0.39 is 0 Å². The van der Waals surface area contributed by atoms with Crippen LogP contribution in [0.1, 0.15) is 11.1 Å². The van der Waals surface area contributed by atoms with Gasteiger partial charge < -0.3 is 10.4 Å². The van der Waals surface area contributed by atoms with Crippen LogP contribution in [0.5, 0.6) is 5.75 Å². The lowest BCUT2D eigenvalue weighted by molar-refractivity contribution is -0.113. The molecule has 0 aliphatic carbocycles. The Balaban J connectivity index is 1.64. The van der Waals surface area contributed by atoms with Crippen LogP contribution < -0.4 is 5.32 Å². The van der Waals surface area contributed by atoms with E-state index in [1.54, 1.807) is 36.4 Å². The minimum absolute atomic E-state index is 0.101. The Hall–Kier alpha value is -3.00. The first-order chi connectivity index (χ1) is 15.8. The van der Waals surface area contributed by atoms with Gasteiger partial charge in [-0.25, -0.2) is 0 Å². The van der Waals surface area contributed by atoms with Crippen LogP contribution in [0.25, 0.3) is 17.1 Å². The van der Waals surface area contributed by atoms with Gasteiger partial charge in [-0.1, -0.05) is 64.8 Å². The van der Waals surface area contributed by atoms with Crippen LogP contribution in [0, 0.1) is 13.8 Å². The van der Waals surface area contributed by atoms with E-state index >= 15 is 0 Å². The number of thioether (sulfide) groups is 1. The summed E-state index contributed by atoms with van der Waals surface area (Å²) in [6.07, 6.45) is 0. The molecular weight excluding hydrogens is 479 g/mol. The zero-order valence-electron chi connectivity index (χ0n) is 17.8. The smallest absolute Gasteiger partial charge is 0.234 e. The second-order valence-corrected chi connectivity index (χ2v) is 9.17. The van der Waals surface area contributed by atoms with Gasteiger partial charge in [0.25, 0.3) is 0 Å². The molecule has 0 saturated carbocycles.